The van der Waals surface area contributed by atoms with E-state index in [1.165, 1.54) is 7.11 Å². The highest BCUT2D eigenvalue weighted by Gasteiger charge is 2.16. The maximum Gasteiger partial charge on any atom is 0.274 e. The number of ether oxygens (including phenoxy) is 1. The van der Waals surface area contributed by atoms with Gasteiger partial charge < -0.3 is 15.0 Å². The van der Waals surface area contributed by atoms with Crippen LogP contribution in [0.3, 0.4) is 0 Å². The molecular formula is C21H21ClN4O2. The van der Waals surface area contributed by atoms with Crippen LogP contribution in [0.15, 0.2) is 54.7 Å². The predicted octanol–water partition coefficient (Wildman–Crippen LogP) is 4.86. The van der Waals surface area contributed by atoms with E-state index in [1.807, 2.05) is 49.1 Å². The molecule has 0 aliphatic carbocycles. The summed E-state index contributed by atoms with van der Waals surface area (Å²) < 4.78 is 5.31. The fraction of sp³-hybridized carbons (Fsp3) is 0.190. The number of hydrogen-bond donors (Lipinski definition) is 1. The highest BCUT2D eigenvalue weighted by molar-refractivity contribution is 6.31. The van der Waals surface area contributed by atoms with Crippen LogP contribution < -0.4 is 15.0 Å². The van der Waals surface area contributed by atoms with Gasteiger partial charge in [-0.3, -0.25) is 4.79 Å². The number of nitrogens with zero attached hydrogens (tertiary/aromatic N) is 3. The van der Waals surface area contributed by atoms with E-state index in [4.69, 9.17) is 16.3 Å². The lowest BCUT2D eigenvalue weighted by molar-refractivity contribution is 0.102. The van der Waals surface area contributed by atoms with E-state index < -0.39 is 0 Å². The third-order valence-corrected chi connectivity index (χ3v) is 4.64. The predicted molar refractivity (Wildman–Crippen MR) is 112 cm³/mol. The normalized spacial score (nSPS) is 10.4. The molecule has 0 unspecified atom stereocenters. The van der Waals surface area contributed by atoms with Gasteiger partial charge in [-0.15, -0.1) is 0 Å². The first-order valence-electron chi connectivity index (χ1n) is 8.84. The van der Waals surface area contributed by atoms with E-state index in [-0.39, 0.29) is 11.6 Å². The van der Waals surface area contributed by atoms with E-state index in [0.29, 0.717) is 29.0 Å². The molecule has 0 saturated carbocycles. The number of amides is 1. The van der Waals surface area contributed by atoms with Crippen LogP contribution >= 0.6 is 11.6 Å². The van der Waals surface area contributed by atoms with E-state index in [1.54, 1.807) is 24.4 Å². The summed E-state index contributed by atoms with van der Waals surface area (Å²) in [6.07, 6.45) is 1.58. The number of benzene rings is 2. The standard InChI is InChI=1S/C21H21ClN4O2/c1-4-26(15-8-6-5-7-9-15)21-23-11-10-17(25-21)20(27)24-18-12-14(2)16(22)13-19(18)28-3/h5-13H,4H2,1-3H3,(H,24,27). The molecule has 0 bridgehead atoms. The molecule has 0 atom stereocenters. The summed E-state index contributed by atoms with van der Waals surface area (Å²) in [5.41, 5.74) is 2.58. The molecule has 28 heavy (non-hydrogen) atoms. The first kappa shape index (κ1) is 19.6. The Morgan fingerprint density at radius 2 is 1.96 bits per heavy atom. The van der Waals surface area contributed by atoms with E-state index >= 15 is 0 Å². The number of para-hydroxylation sites is 1. The lowest BCUT2D eigenvalue weighted by atomic mass is 10.2. The second-order valence-electron chi connectivity index (χ2n) is 6.08. The van der Waals surface area contributed by atoms with Crippen molar-refractivity contribution in [2.45, 2.75) is 13.8 Å². The van der Waals surface area contributed by atoms with Gasteiger partial charge >= 0.3 is 0 Å². The topological polar surface area (TPSA) is 67.4 Å². The number of aryl methyl sites for hydroxylation is 1. The molecule has 1 heterocycles. The zero-order chi connectivity index (χ0) is 20.1. The molecule has 1 N–H and O–H groups in total. The van der Waals surface area contributed by atoms with Crippen molar-refractivity contribution in [3.05, 3.63) is 71.0 Å². The van der Waals surface area contributed by atoms with Crippen LogP contribution in [0.5, 0.6) is 5.75 Å². The molecule has 0 fully saturated rings. The Labute approximate surface area is 169 Å². The van der Waals surface area contributed by atoms with Crippen LogP contribution in [-0.2, 0) is 0 Å². The Morgan fingerprint density at radius 3 is 2.64 bits per heavy atom. The van der Waals surface area contributed by atoms with Crippen molar-refractivity contribution in [1.29, 1.82) is 0 Å². The fourth-order valence-electron chi connectivity index (χ4n) is 2.77. The van der Waals surface area contributed by atoms with E-state index in [9.17, 15) is 4.79 Å². The van der Waals surface area contributed by atoms with Crippen LogP contribution in [0.2, 0.25) is 5.02 Å². The molecule has 144 valence electrons. The second kappa shape index (κ2) is 8.71. The second-order valence-corrected chi connectivity index (χ2v) is 6.48. The highest BCUT2D eigenvalue weighted by Crippen LogP contribution is 2.31. The van der Waals surface area contributed by atoms with Crippen LogP contribution in [0.25, 0.3) is 0 Å². The maximum atomic E-state index is 12.8. The third kappa shape index (κ3) is 4.23. The van der Waals surface area contributed by atoms with Crippen LogP contribution in [-0.4, -0.2) is 29.5 Å². The van der Waals surface area contributed by atoms with Gasteiger partial charge in [-0.25, -0.2) is 9.97 Å². The molecule has 0 aliphatic rings. The van der Waals surface area contributed by atoms with Crippen molar-refractivity contribution in [3.8, 4) is 5.75 Å². The van der Waals surface area contributed by atoms with Gasteiger partial charge in [-0.2, -0.15) is 0 Å². The molecule has 3 aromatic rings. The van der Waals surface area contributed by atoms with Crippen molar-refractivity contribution < 1.29 is 9.53 Å². The number of methoxy groups -OCH3 is 1. The molecular weight excluding hydrogens is 376 g/mol. The van der Waals surface area contributed by atoms with Gasteiger partial charge in [0.05, 0.1) is 12.8 Å². The van der Waals surface area contributed by atoms with E-state index in [0.717, 1.165) is 11.3 Å². The highest BCUT2D eigenvalue weighted by atomic mass is 35.5. The lowest BCUT2D eigenvalue weighted by Gasteiger charge is -2.21. The minimum atomic E-state index is -0.354. The quantitative estimate of drug-likeness (QED) is 0.644. The van der Waals surface area contributed by atoms with Crippen LogP contribution in [0.1, 0.15) is 23.0 Å². The number of anilines is 3. The lowest BCUT2D eigenvalue weighted by Crippen LogP contribution is -2.21. The van der Waals surface area contributed by atoms with Crippen molar-refractivity contribution in [2.75, 3.05) is 23.9 Å². The summed E-state index contributed by atoms with van der Waals surface area (Å²) in [7, 11) is 1.53. The largest absolute Gasteiger partial charge is 0.495 e. The summed E-state index contributed by atoms with van der Waals surface area (Å²) >= 11 is 6.13. The fourth-order valence-corrected chi connectivity index (χ4v) is 2.92. The molecule has 0 saturated heterocycles. The third-order valence-electron chi connectivity index (χ3n) is 4.23. The SMILES string of the molecule is CCN(c1ccccc1)c1nccc(C(=O)Nc2cc(C)c(Cl)cc2OC)n1. The zero-order valence-corrected chi connectivity index (χ0v) is 16.7. The van der Waals surface area contributed by atoms with Crippen LogP contribution in [0.4, 0.5) is 17.3 Å². The average Bonchev–Trinajstić information content (AvgIpc) is 2.72. The number of aromatic nitrogens is 2. The number of carbonyl (C=O) groups excluding carboxylic acids is 1. The van der Waals surface area contributed by atoms with Gasteiger partial charge in [-0.1, -0.05) is 29.8 Å². The van der Waals surface area contributed by atoms with Crippen molar-refractivity contribution in [1.82, 2.24) is 9.97 Å². The van der Waals surface area contributed by atoms with Gasteiger partial charge in [0.25, 0.3) is 5.91 Å². The Hall–Kier alpha value is -3.12. The molecule has 7 heteroatoms. The molecule has 1 aromatic heterocycles. The summed E-state index contributed by atoms with van der Waals surface area (Å²) in [6, 6.07) is 14.8. The number of carbonyl (C=O) groups is 1. The summed E-state index contributed by atoms with van der Waals surface area (Å²) in [5, 5.41) is 3.41. The van der Waals surface area contributed by atoms with Gasteiger partial charge in [0.1, 0.15) is 11.4 Å². The Morgan fingerprint density at radius 1 is 1.21 bits per heavy atom. The van der Waals surface area contributed by atoms with Crippen LogP contribution in [0, 0.1) is 6.92 Å². The zero-order valence-electron chi connectivity index (χ0n) is 15.9. The molecule has 1 amide bonds. The number of halogens is 1. The van der Waals surface area contributed by atoms with Crippen molar-refractivity contribution >= 4 is 34.8 Å². The molecule has 3 rings (SSSR count). The monoisotopic (exact) mass is 396 g/mol. The Kier molecular flexibility index (Phi) is 6.11. The Balaban J connectivity index is 1.88. The molecule has 2 aromatic carbocycles. The Bertz CT molecular complexity index is 979. The molecule has 6 nitrogen and oxygen atoms in total. The molecule has 0 aliphatic heterocycles. The first-order valence-corrected chi connectivity index (χ1v) is 9.22. The number of nitrogens with one attached hydrogen (secondary N) is 1. The summed E-state index contributed by atoms with van der Waals surface area (Å²) in [5.74, 6) is 0.589. The minimum absolute atomic E-state index is 0.258. The van der Waals surface area contributed by atoms with Gasteiger partial charge in [0.2, 0.25) is 5.95 Å². The van der Waals surface area contributed by atoms with Crippen molar-refractivity contribution in [2.24, 2.45) is 0 Å². The minimum Gasteiger partial charge on any atom is -0.495 e. The van der Waals surface area contributed by atoms with Gasteiger partial charge in [0.15, 0.2) is 0 Å². The summed E-state index contributed by atoms with van der Waals surface area (Å²) in [4.78, 5) is 23.5. The summed E-state index contributed by atoms with van der Waals surface area (Å²) in [6.45, 7) is 4.53. The van der Waals surface area contributed by atoms with Gasteiger partial charge in [-0.05, 0) is 43.7 Å². The van der Waals surface area contributed by atoms with E-state index in [2.05, 4.69) is 15.3 Å². The van der Waals surface area contributed by atoms with Gasteiger partial charge in [0, 0.05) is 29.5 Å². The number of rotatable bonds is 6. The smallest absolute Gasteiger partial charge is 0.274 e. The molecule has 0 radical (unpaired) electrons. The molecule has 0 spiro atoms. The maximum absolute atomic E-state index is 12.8. The first-order chi connectivity index (χ1) is 13.5. The average molecular weight is 397 g/mol. The number of hydrogen-bond acceptors (Lipinski definition) is 5. The van der Waals surface area contributed by atoms with Crippen molar-refractivity contribution in [3.63, 3.8) is 0 Å².